The Balaban J connectivity index is 1.63. The van der Waals surface area contributed by atoms with Gasteiger partial charge in [0.15, 0.2) is 0 Å². The van der Waals surface area contributed by atoms with Crippen molar-refractivity contribution in [3.63, 3.8) is 0 Å². The van der Waals surface area contributed by atoms with E-state index in [1.165, 1.54) is 4.90 Å². The van der Waals surface area contributed by atoms with Crippen molar-refractivity contribution in [2.24, 2.45) is 0 Å². The SMILES string of the molecule is Cc1ccc(C(=O)Nc2ccccc2)cc1NCC(=O)N1CCNC(=O)C1. The van der Waals surface area contributed by atoms with Crippen LogP contribution in [0.15, 0.2) is 48.5 Å². The summed E-state index contributed by atoms with van der Waals surface area (Å²) in [5.41, 5.74) is 2.86. The number of amides is 3. The second-order valence-electron chi connectivity index (χ2n) is 6.37. The van der Waals surface area contributed by atoms with Crippen LogP contribution >= 0.6 is 0 Å². The van der Waals surface area contributed by atoms with Crippen molar-refractivity contribution < 1.29 is 14.4 Å². The molecule has 7 nitrogen and oxygen atoms in total. The van der Waals surface area contributed by atoms with Crippen molar-refractivity contribution in [1.29, 1.82) is 0 Å². The molecule has 1 aliphatic heterocycles. The van der Waals surface area contributed by atoms with Gasteiger partial charge in [-0.15, -0.1) is 0 Å². The van der Waals surface area contributed by atoms with Crippen LogP contribution < -0.4 is 16.0 Å². The molecular formula is C20H22N4O3. The number of hydrogen-bond donors (Lipinski definition) is 3. The third kappa shape index (κ3) is 4.84. The molecule has 0 aromatic heterocycles. The lowest BCUT2D eigenvalue weighted by Gasteiger charge is -2.27. The molecule has 1 aliphatic rings. The second-order valence-corrected chi connectivity index (χ2v) is 6.37. The van der Waals surface area contributed by atoms with Crippen LogP contribution in [0.1, 0.15) is 15.9 Å². The summed E-state index contributed by atoms with van der Waals surface area (Å²) in [5, 5.41) is 8.61. The van der Waals surface area contributed by atoms with Gasteiger partial charge in [-0.2, -0.15) is 0 Å². The maximum atomic E-state index is 12.4. The molecule has 0 aliphatic carbocycles. The van der Waals surface area contributed by atoms with E-state index in [-0.39, 0.29) is 30.8 Å². The lowest BCUT2D eigenvalue weighted by Crippen LogP contribution is -2.51. The minimum absolute atomic E-state index is 0.0673. The summed E-state index contributed by atoms with van der Waals surface area (Å²) < 4.78 is 0. The van der Waals surface area contributed by atoms with Gasteiger partial charge >= 0.3 is 0 Å². The highest BCUT2D eigenvalue weighted by molar-refractivity contribution is 6.05. The highest BCUT2D eigenvalue weighted by Crippen LogP contribution is 2.18. The Bertz CT molecular complexity index is 852. The predicted molar refractivity (Wildman–Crippen MR) is 104 cm³/mol. The quantitative estimate of drug-likeness (QED) is 0.750. The highest BCUT2D eigenvalue weighted by Gasteiger charge is 2.20. The molecule has 0 spiro atoms. The van der Waals surface area contributed by atoms with E-state index in [1.54, 1.807) is 12.1 Å². The lowest BCUT2D eigenvalue weighted by atomic mass is 10.1. The zero-order valence-electron chi connectivity index (χ0n) is 15.1. The smallest absolute Gasteiger partial charge is 0.255 e. The van der Waals surface area contributed by atoms with Crippen LogP contribution in [0.2, 0.25) is 0 Å². The molecule has 0 bridgehead atoms. The molecule has 1 fully saturated rings. The molecule has 3 rings (SSSR count). The van der Waals surface area contributed by atoms with E-state index in [0.29, 0.717) is 24.3 Å². The molecule has 140 valence electrons. The Morgan fingerprint density at radius 3 is 2.67 bits per heavy atom. The van der Waals surface area contributed by atoms with E-state index in [2.05, 4.69) is 16.0 Å². The summed E-state index contributed by atoms with van der Waals surface area (Å²) in [6.07, 6.45) is 0. The van der Waals surface area contributed by atoms with Crippen LogP contribution in [0.4, 0.5) is 11.4 Å². The van der Waals surface area contributed by atoms with Crippen molar-refractivity contribution in [3.8, 4) is 0 Å². The fraction of sp³-hybridized carbons (Fsp3) is 0.250. The monoisotopic (exact) mass is 366 g/mol. The number of rotatable bonds is 5. The molecule has 1 heterocycles. The first-order valence-electron chi connectivity index (χ1n) is 8.78. The standard InChI is InChI=1S/C20H22N4O3/c1-14-7-8-15(20(27)23-16-5-3-2-4-6-16)11-17(14)22-12-19(26)24-10-9-21-18(25)13-24/h2-8,11,22H,9-10,12-13H2,1H3,(H,21,25)(H,23,27). The fourth-order valence-electron chi connectivity index (χ4n) is 2.81. The number of hydrogen-bond acceptors (Lipinski definition) is 4. The van der Waals surface area contributed by atoms with E-state index in [0.717, 1.165) is 11.3 Å². The molecule has 7 heteroatoms. The van der Waals surface area contributed by atoms with Crippen molar-refractivity contribution >= 4 is 29.1 Å². The van der Waals surface area contributed by atoms with Gasteiger partial charge in [0.1, 0.15) is 0 Å². The maximum absolute atomic E-state index is 12.4. The molecule has 3 N–H and O–H groups in total. The molecule has 0 atom stereocenters. The number of piperazine rings is 1. The van der Waals surface area contributed by atoms with Crippen LogP contribution in [0.5, 0.6) is 0 Å². The number of nitrogens with one attached hydrogen (secondary N) is 3. The molecule has 1 saturated heterocycles. The number of aryl methyl sites for hydroxylation is 1. The Morgan fingerprint density at radius 1 is 1.15 bits per heavy atom. The summed E-state index contributed by atoms with van der Waals surface area (Å²) in [6, 6.07) is 14.5. The number of carbonyl (C=O) groups is 3. The summed E-state index contributed by atoms with van der Waals surface area (Å²) in [6.45, 7) is 3.03. The molecule has 3 amide bonds. The normalized spacial score (nSPS) is 13.7. The van der Waals surface area contributed by atoms with Gasteiger partial charge in [-0.25, -0.2) is 0 Å². The Morgan fingerprint density at radius 2 is 1.93 bits per heavy atom. The molecule has 2 aromatic carbocycles. The number of anilines is 2. The molecular weight excluding hydrogens is 344 g/mol. The van der Waals surface area contributed by atoms with Crippen LogP contribution in [-0.4, -0.2) is 48.8 Å². The van der Waals surface area contributed by atoms with E-state index >= 15 is 0 Å². The Hall–Kier alpha value is -3.35. The van der Waals surface area contributed by atoms with Crippen LogP contribution in [-0.2, 0) is 9.59 Å². The molecule has 2 aromatic rings. The number of benzene rings is 2. The molecule has 0 saturated carbocycles. The first kappa shape index (κ1) is 18.4. The molecule has 0 unspecified atom stereocenters. The first-order chi connectivity index (χ1) is 13.0. The highest BCUT2D eigenvalue weighted by atomic mass is 16.2. The van der Waals surface area contributed by atoms with Gasteiger partial charge in [0.2, 0.25) is 11.8 Å². The van der Waals surface area contributed by atoms with Crippen molar-refractivity contribution in [3.05, 3.63) is 59.7 Å². The van der Waals surface area contributed by atoms with E-state index in [4.69, 9.17) is 0 Å². The van der Waals surface area contributed by atoms with Gasteiger partial charge in [-0.1, -0.05) is 24.3 Å². The Kier molecular flexibility index (Phi) is 5.71. The summed E-state index contributed by atoms with van der Waals surface area (Å²) in [5.74, 6) is -0.517. The summed E-state index contributed by atoms with van der Waals surface area (Å²) in [7, 11) is 0. The number of carbonyl (C=O) groups excluding carboxylic acids is 3. The van der Waals surface area contributed by atoms with E-state index in [1.807, 2.05) is 43.3 Å². The van der Waals surface area contributed by atoms with Crippen LogP contribution in [0, 0.1) is 6.92 Å². The topological polar surface area (TPSA) is 90.5 Å². The largest absolute Gasteiger partial charge is 0.376 e. The van der Waals surface area contributed by atoms with Crippen LogP contribution in [0.3, 0.4) is 0 Å². The van der Waals surface area contributed by atoms with Crippen LogP contribution in [0.25, 0.3) is 0 Å². The predicted octanol–water partition coefficient (Wildman–Crippen LogP) is 1.62. The second kappa shape index (κ2) is 8.35. The maximum Gasteiger partial charge on any atom is 0.255 e. The fourth-order valence-corrected chi connectivity index (χ4v) is 2.81. The molecule has 0 radical (unpaired) electrons. The van der Waals surface area contributed by atoms with E-state index < -0.39 is 0 Å². The minimum Gasteiger partial charge on any atom is -0.376 e. The minimum atomic E-state index is -0.219. The van der Waals surface area contributed by atoms with Crippen molar-refractivity contribution in [1.82, 2.24) is 10.2 Å². The van der Waals surface area contributed by atoms with Crippen molar-refractivity contribution in [2.75, 3.05) is 36.8 Å². The molecule has 27 heavy (non-hydrogen) atoms. The van der Waals surface area contributed by atoms with Gasteiger partial charge in [0, 0.05) is 30.0 Å². The van der Waals surface area contributed by atoms with Gasteiger partial charge < -0.3 is 20.9 Å². The number of para-hydroxylation sites is 1. The first-order valence-corrected chi connectivity index (χ1v) is 8.78. The van der Waals surface area contributed by atoms with Gasteiger partial charge in [-0.3, -0.25) is 14.4 Å². The Labute approximate surface area is 157 Å². The van der Waals surface area contributed by atoms with Gasteiger partial charge in [0.05, 0.1) is 13.1 Å². The third-order valence-corrected chi connectivity index (χ3v) is 4.35. The third-order valence-electron chi connectivity index (χ3n) is 4.35. The summed E-state index contributed by atoms with van der Waals surface area (Å²) >= 11 is 0. The van der Waals surface area contributed by atoms with Crippen molar-refractivity contribution in [2.45, 2.75) is 6.92 Å². The zero-order chi connectivity index (χ0) is 19.2. The lowest BCUT2D eigenvalue weighted by molar-refractivity contribution is -0.136. The zero-order valence-corrected chi connectivity index (χ0v) is 15.1. The van der Waals surface area contributed by atoms with Gasteiger partial charge in [0.25, 0.3) is 5.91 Å². The average Bonchev–Trinajstić information content (AvgIpc) is 2.68. The number of nitrogens with zero attached hydrogens (tertiary/aromatic N) is 1. The average molecular weight is 366 g/mol. The van der Waals surface area contributed by atoms with E-state index in [9.17, 15) is 14.4 Å². The van der Waals surface area contributed by atoms with Gasteiger partial charge in [-0.05, 0) is 36.8 Å². The summed E-state index contributed by atoms with van der Waals surface area (Å²) in [4.78, 5) is 37.7.